The first kappa shape index (κ1) is 20.7. The van der Waals surface area contributed by atoms with Gasteiger partial charge in [0.15, 0.2) is 11.7 Å². The summed E-state index contributed by atoms with van der Waals surface area (Å²) in [5, 5.41) is 2.86. The van der Waals surface area contributed by atoms with Crippen molar-refractivity contribution in [2.24, 2.45) is 16.2 Å². The van der Waals surface area contributed by atoms with Crippen molar-refractivity contribution in [3.63, 3.8) is 0 Å². The van der Waals surface area contributed by atoms with E-state index in [1.54, 1.807) is 24.5 Å². The van der Waals surface area contributed by atoms with Crippen LogP contribution in [0, 0.1) is 11.8 Å². The fourth-order valence-electron chi connectivity index (χ4n) is 3.48. The van der Waals surface area contributed by atoms with Crippen LogP contribution in [0.2, 0.25) is 0 Å². The summed E-state index contributed by atoms with van der Waals surface area (Å²) >= 11 is 0. The number of nitrogens with zero attached hydrogens (tertiary/aromatic N) is 2. The highest BCUT2D eigenvalue weighted by Gasteiger charge is 2.50. The molecule has 0 saturated carbocycles. The SMILES string of the molecule is CC(C)CN1C(=O)C(C2=NS(=O)(=O)c3ccccc3N2)C(=O)[C@@H]1CCS(C)=O. The largest absolute Gasteiger partial charge is 0.341 e. The zero-order valence-electron chi connectivity index (χ0n) is 15.9. The van der Waals surface area contributed by atoms with Gasteiger partial charge in [-0.05, 0) is 24.5 Å². The molecule has 2 unspecified atom stereocenters. The van der Waals surface area contributed by atoms with E-state index in [0.717, 1.165) is 0 Å². The molecule has 3 rings (SSSR count). The molecule has 1 N–H and O–H groups in total. The molecular formula is C18H23N3O5S2. The van der Waals surface area contributed by atoms with Crippen LogP contribution in [0.1, 0.15) is 20.3 Å². The topological polar surface area (TPSA) is 113 Å². The fraction of sp³-hybridized carbons (Fsp3) is 0.500. The number of Topliss-reactive ketones (excluding diaryl/α,β-unsaturated/α-hetero) is 1. The van der Waals surface area contributed by atoms with E-state index in [2.05, 4.69) is 9.71 Å². The number of hydrogen-bond donors (Lipinski definition) is 1. The van der Waals surface area contributed by atoms with Gasteiger partial charge in [-0.3, -0.25) is 13.8 Å². The summed E-state index contributed by atoms with van der Waals surface area (Å²) in [6.45, 7) is 4.22. The van der Waals surface area contributed by atoms with Gasteiger partial charge in [-0.25, -0.2) is 0 Å². The highest BCUT2D eigenvalue weighted by molar-refractivity contribution is 7.90. The molecule has 0 radical (unpaired) electrons. The normalized spacial score (nSPS) is 24.7. The molecule has 152 valence electrons. The lowest BCUT2D eigenvalue weighted by atomic mass is 10.0. The van der Waals surface area contributed by atoms with Crippen molar-refractivity contribution >= 4 is 44.0 Å². The Bertz CT molecular complexity index is 971. The zero-order chi connectivity index (χ0) is 20.6. The van der Waals surface area contributed by atoms with Crippen LogP contribution in [-0.4, -0.2) is 59.6 Å². The Hall–Kier alpha value is -2.07. The molecule has 1 fully saturated rings. The van der Waals surface area contributed by atoms with Gasteiger partial charge in [0.1, 0.15) is 10.7 Å². The summed E-state index contributed by atoms with van der Waals surface area (Å²) in [5.41, 5.74) is 0.293. The maximum Gasteiger partial charge on any atom is 0.286 e. The first-order valence-electron chi connectivity index (χ1n) is 8.97. The highest BCUT2D eigenvalue weighted by Crippen LogP contribution is 2.32. The van der Waals surface area contributed by atoms with Gasteiger partial charge in [0.2, 0.25) is 5.91 Å². The quantitative estimate of drug-likeness (QED) is 0.681. The van der Waals surface area contributed by atoms with E-state index < -0.39 is 44.5 Å². The second-order valence-electron chi connectivity index (χ2n) is 7.37. The Morgan fingerprint density at radius 2 is 1.93 bits per heavy atom. The molecule has 10 heteroatoms. The number of amidine groups is 1. The van der Waals surface area contributed by atoms with Crippen LogP contribution in [0.3, 0.4) is 0 Å². The average molecular weight is 426 g/mol. The van der Waals surface area contributed by atoms with E-state index in [1.807, 2.05) is 13.8 Å². The van der Waals surface area contributed by atoms with Crippen LogP contribution >= 0.6 is 0 Å². The number of nitrogens with one attached hydrogen (secondary N) is 1. The number of hydrogen-bond acceptors (Lipinski definition) is 6. The third kappa shape index (κ3) is 3.88. The summed E-state index contributed by atoms with van der Waals surface area (Å²) in [4.78, 5) is 27.6. The van der Waals surface area contributed by atoms with Crippen molar-refractivity contribution in [1.82, 2.24) is 4.90 Å². The average Bonchev–Trinajstić information content (AvgIpc) is 2.82. The number of amides is 1. The maximum atomic E-state index is 13.1. The molecule has 0 aromatic heterocycles. The van der Waals surface area contributed by atoms with E-state index in [4.69, 9.17) is 0 Å². The molecule has 1 saturated heterocycles. The Balaban J connectivity index is 1.97. The lowest BCUT2D eigenvalue weighted by molar-refractivity contribution is -0.131. The maximum absolute atomic E-state index is 13.1. The minimum Gasteiger partial charge on any atom is -0.341 e. The predicted molar refractivity (Wildman–Crippen MR) is 107 cm³/mol. The standard InChI is InChI=1S/C18H23N3O5S2/c1-11(2)10-21-13(8-9-27(3)24)16(22)15(18(21)23)17-19-12-6-4-5-7-14(12)28(25,26)20-17/h4-7,11,13,15H,8-10H2,1-3H3,(H,19,20)/t13-,15?,27?/m0/s1. The number of anilines is 1. The summed E-state index contributed by atoms with van der Waals surface area (Å²) in [5.74, 6) is -1.93. The molecular weight excluding hydrogens is 402 g/mol. The van der Waals surface area contributed by atoms with Crippen molar-refractivity contribution in [2.45, 2.75) is 31.2 Å². The molecule has 1 amide bonds. The van der Waals surface area contributed by atoms with Crippen molar-refractivity contribution in [3.8, 4) is 0 Å². The van der Waals surface area contributed by atoms with E-state index in [9.17, 15) is 22.2 Å². The van der Waals surface area contributed by atoms with Crippen LogP contribution < -0.4 is 5.32 Å². The first-order valence-corrected chi connectivity index (χ1v) is 12.1. The van der Waals surface area contributed by atoms with Gasteiger partial charge in [-0.15, -0.1) is 4.40 Å². The van der Waals surface area contributed by atoms with Gasteiger partial charge in [-0.1, -0.05) is 26.0 Å². The van der Waals surface area contributed by atoms with Crippen LogP contribution in [0.15, 0.2) is 33.6 Å². The molecule has 28 heavy (non-hydrogen) atoms. The number of para-hydroxylation sites is 1. The number of carbonyl (C=O) groups is 2. The van der Waals surface area contributed by atoms with Crippen molar-refractivity contribution in [2.75, 3.05) is 23.9 Å². The van der Waals surface area contributed by atoms with E-state index >= 15 is 0 Å². The second-order valence-corrected chi connectivity index (χ2v) is 10.5. The third-order valence-electron chi connectivity index (χ3n) is 4.68. The number of likely N-dealkylation sites (tertiary alicyclic amines) is 1. The van der Waals surface area contributed by atoms with Crippen molar-refractivity contribution in [1.29, 1.82) is 0 Å². The summed E-state index contributed by atoms with van der Waals surface area (Å²) < 4.78 is 40.2. The molecule has 0 aliphatic carbocycles. The van der Waals surface area contributed by atoms with Gasteiger partial charge in [-0.2, -0.15) is 8.42 Å². The first-order chi connectivity index (χ1) is 13.1. The molecule has 0 bridgehead atoms. The Kier molecular flexibility index (Phi) is 5.72. The van der Waals surface area contributed by atoms with Gasteiger partial charge in [0.05, 0.1) is 11.7 Å². The number of carbonyl (C=O) groups excluding carboxylic acids is 2. The highest BCUT2D eigenvalue weighted by atomic mass is 32.2. The van der Waals surface area contributed by atoms with Crippen LogP contribution in [-0.2, 0) is 30.4 Å². The van der Waals surface area contributed by atoms with E-state index in [0.29, 0.717) is 12.2 Å². The smallest absolute Gasteiger partial charge is 0.286 e. The minimum atomic E-state index is -4.01. The minimum absolute atomic E-state index is 0.00797. The molecule has 1 aromatic rings. The number of fused-ring (bicyclic) bond motifs is 1. The number of ketones is 1. The second kappa shape index (κ2) is 7.75. The molecule has 2 aliphatic heterocycles. The van der Waals surface area contributed by atoms with E-state index in [-0.39, 0.29) is 28.8 Å². The number of sulfonamides is 1. The monoisotopic (exact) mass is 425 g/mol. The zero-order valence-corrected chi connectivity index (χ0v) is 17.5. The van der Waals surface area contributed by atoms with Crippen molar-refractivity contribution < 1.29 is 22.2 Å². The van der Waals surface area contributed by atoms with Gasteiger partial charge in [0, 0.05) is 29.4 Å². The summed E-state index contributed by atoms with van der Waals surface area (Å²) in [6.07, 6.45) is 1.81. The van der Waals surface area contributed by atoms with Gasteiger partial charge < -0.3 is 10.2 Å². The molecule has 0 spiro atoms. The van der Waals surface area contributed by atoms with E-state index in [1.165, 1.54) is 11.0 Å². The molecule has 1 aromatic carbocycles. The van der Waals surface area contributed by atoms with Gasteiger partial charge in [0.25, 0.3) is 10.0 Å². The molecule has 3 atom stereocenters. The van der Waals surface area contributed by atoms with Crippen LogP contribution in [0.5, 0.6) is 0 Å². The lowest BCUT2D eigenvalue weighted by Gasteiger charge is -2.25. The Morgan fingerprint density at radius 1 is 1.25 bits per heavy atom. The number of benzene rings is 1. The Labute approximate surface area is 166 Å². The molecule has 2 heterocycles. The summed E-state index contributed by atoms with van der Waals surface area (Å²) in [7, 11) is -5.11. The third-order valence-corrected chi connectivity index (χ3v) is 6.84. The predicted octanol–water partition coefficient (Wildman–Crippen LogP) is 1.02. The van der Waals surface area contributed by atoms with Crippen LogP contribution in [0.25, 0.3) is 0 Å². The molecule has 8 nitrogen and oxygen atoms in total. The Morgan fingerprint density at radius 3 is 2.57 bits per heavy atom. The van der Waals surface area contributed by atoms with Gasteiger partial charge >= 0.3 is 0 Å². The number of rotatable bonds is 6. The summed E-state index contributed by atoms with van der Waals surface area (Å²) in [6, 6.07) is 5.49. The van der Waals surface area contributed by atoms with Crippen molar-refractivity contribution in [3.05, 3.63) is 24.3 Å². The van der Waals surface area contributed by atoms with Crippen LogP contribution in [0.4, 0.5) is 5.69 Å². The lowest BCUT2D eigenvalue weighted by Crippen LogP contribution is -2.39. The molecule has 2 aliphatic rings. The fourth-order valence-corrected chi connectivity index (χ4v) is 5.20.